The molecule has 0 atom stereocenters. The normalized spacial score (nSPS) is 14.0. The lowest BCUT2D eigenvalue weighted by Crippen LogP contribution is -2.42. The molecule has 1 aliphatic heterocycles. The van der Waals surface area contributed by atoms with Gasteiger partial charge in [0.2, 0.25) is 0 Å². The highest BCUT2D eigenvalue weighted by molar-refractivity contribution is 6.33. The molecule has 1 aromatic heterocycles. The molecule has 138 valence electrons. The summed E-state index contributed by atoms with van der Waals surface area (Å²) in [5.41, 5.74) is 2.84. The molecule has 0 N–H and O–H groups in total. The molecule has 4 rings (SSSR count). The Labute approximate surface area is 168 Å². The third-order valence-corrected chi connectivity index (χ3v) is 5.31. The maximum absolute atomic E-state index is 13.2. The molecular weight excluding hydrogens is 381 g/mol. The highest BCUT2D eigenvalue weighted by Crippen LogP contribution is 2.39. The maximum atomic E-state index is 13.2. The first-order valence-corrected chi connectivity index (χ1v) is 9.47. The molecule has 2 heterocycles. The third-order valence-electron chi connectivity index (χ3n) is 4.72. The number of aromatic nitrogens is 2. The molecule has 0 spiro atoms. The van der Waals surface area contributed by atoms with Crippen molar-refractivity contribution in [1.29, 1.82) is 0 Å². The van der Waals surface area contributed by atoms with Gasteiger partial charge in [0, 0.05) is 21.7 Å². The zero-order valence-electron chi connectivity index (χ0n) is 15.3. The number of carbonyl (C=O) groups excluding carboxylic acids is 1. The van der Waals surface area contributed by atoms with E-state index >= 15 is 0 Å². The zero-order chi connectivity index (χ0) is 19.3. The van der Waals surface area contributed by atoms with Crippen molar-refractivity contribution in [2.45, 2.75) is 32.9 Å². The van der Waals surface area contributed by atoms with Crippen molar-refractivity contribution in [3.63, 3.8) is 0 Å². The van der Waals surface area contributed by atoms with E-state index in [1.54, 1.807) is 4.57 Å². The lowest BCUT2D eigenvalue weighted by molar-refractivity contribution is 0.156. The first-order chi connectivity index (χ1) is 12.8. The monoisotopic (exact) mass is 399 g/mol. The molecule has 0 saturated carbocycles. The highest BCUT2D eigenvalue weighted by Gasteiger charge is 2.39. The standard InChI is InChI=1S/C21H19Cl2N3O/c1-21(2,3)25-12-17-24-18(15-6-4-5-7-16(15)23)19(26(17)20(25)27)13-8-10-14(22)11-9-13/h4-11H,12H2,1-3H3. The number of hydrogen-bond acceptors (Lipinski definition) is 2. The summed E-state index contributed by atoms with van der Waals surface area (Å²) in [4.78, 5) is 19.9. The van der Waals surface area contributed by atoms with Crippen LogP contribution in [0.1, 0.15) is 26.6 Å². The molecule has 27 heavy (non-hydrogen) atoms. The average Bonchev–Trinajstić information content (AvgIpc) is 3.13. The third kappa shape index (κ3) is 3.03. The minimum absolute atomic E-state index is 0.0757. The summed E-state index contributed by atoms with van der Waals surface area (Å²) in [5.74, 6) is 0.717. The van der Waals surface area contributed by atoms with Gasteiger partial charge in [0.1, 0.15) is 5.82 Å². The molecular formula is C21H19Cl2N3O. The Hall–Kier alpha value is -2.30. The Kier molecular flexibility index (Phi) is 4.28. The van der Waals surface area contributed by atoms with Gasteiger partial charge in [-0.1, -0.05) is 53.5 Å². The zero-order valence-corrected chi connectivity index (χ0v) is 16.8. The van der Waals surface area contributed by atoms with Gasteiger partial charge in [-0.05, 0) is 39.0 Å². The number of nitrogens with zero attached hydrogens (tertiary/aromatic N) is 3. The van der Waals surface area contributed by atoms with Crippen molar-refractivity contribution >= 4 is 29.2 Å². The summed E-state index contributed by atoms with van der Waals surface area (Å²) in [6, 6.07) is 14.9. The number of amides is 1. The minimum Gasteiger partial charge on any atom is -0.312 e. The lowest BCUT2D eigenvalue weighted by atomic mass is 10.0. The summed E-state index contributed by atoms with van der Waals surface area (Å²) in [6.45, 7) is 6.53. The SMILES string of the molecule is CC(C)(C)N1Cc2nc(-c3ccccc3Cl)c(-c3ccc(Cl)cc3)n2C1=O. The summed E-state index contributed by atoms with van der Waals surface area (Å²) >= 11 is 12.5. The van der Waals surface area contributed by atoms with Crippen LogP contribution in [0.2, 0.25) is 10.0 Å². The maximum Gasteiger partial charge on any atom is 0.331 e. The minimum atomic E-state index is -0.292. The molecule has 0 bridgehead atoms. The van der Waals surface area contributed by atoms with E-state index < -0.39 is 0 Å². The van der Waals surface area contributed by atoms with Gasteiger partial charge < -0.3 is 4.90 Å². The number of hydrogen-bond donors (Lipinski definition) is 0. The second kappa shape index (κ2) is 6.39. The molecule has 3 aromatic rings. The lowest BCUT2D eigenvalue weighted by Gasteiger charge is -2.31. The van der Waals surface area contributed by atoms with Crippen molar-refractivity contribution in [2.24, 2.45) is 0 Å². The highest BCUT2D eigenvalue weighted by atomic mass is 35.5. The van der Waals surface area contributed by atoms with Crippen LogP contribution in [0.25, 0.3) is 22.5 Å². The summed E-state index contributed by atoms with van der Waals surface area (Å²) in [5, 5.41) is 1.24. The van der Waals surface area contributed by atoms with Gasteiger partial charge in [-0.2, -0.15) is 0 Å². The van der Waals surface area contributed by atoms with Crippen LogP contribution in [0.5, 0.6) is 0 Å². The van der Waals surface area contributed by atoms with Crippen LogP contribution >= 0.6 is 23.2 Å². The van der Waals surface area contributed by atoms with Gasteiger partial charge >= 0.3 is 6.03 Å². The van der Waals surface area contributed by atoms with E-state index in [-0.39, 0.29) is 11.6 Å². The van der Waals surface area contributed by atoms with E-state index in [4.69, 9.17) is 28.2 Å². The van der Waals surface area contributed by atoms with Crippen LogP contribution in [0.15, 0.2) is 48.5 Å². The first-order valence-electron chi connectivity index (χ1n) is 8.72. The smallest absolute Gasteiger partial charge is 0.312 e. The second-order valence-corrected chi connectivity index (χ2v) is 8.43. The van der Waals surface area contributed by atoms with E-state index in [0.717, 1.165) is 22.6 Å². The van der Waals surface area contributed by atoms with Crippen molar-refractivity contribution in [1.82, 2.24) is 14.5 Å². The second-order valence-electron chi connectivity index (χ2n) is 7.59. The Morgan fingerprint density at radius 1 is 1.00 bits per heavy atom. The average molecular weight is 400 g/mol. The fourth-order valence-electron chi connectivity index (χ4n) is 3.35. The summed E-state index contributed by atoms with van der Waals surface area (Å²) in [7, 11) is 0. The van der Waals surface area contributed by atoms with Gasteiger partial charge in [0.25, 0.3) is 0 Å². The quantitative estimate of drug-likeness (QED) is 0.521. The van der Waals surface area contributed by atoms with Crippen LogP contribution in [0.3, 0.4) is 0 Å². The van der Waals surface area contributed by atoms with E-state index in [1.807, 2.05) is 74.2 Å². The van der Waals surface area contributed by atoms with Gasteiger partial charge in [0.05, 0.1) is 23.0 Å². The molecule has 0 saturated heterocycles. The van der Waals surface area contributed by atoms with Crippen molar-refractivity contribution in [3.05, 3.63) is 64.4 Å². The number of rotatable bonds is 2. The van der Waals surface area contributed by atoms with Gasteiger partial charge in [-0.25, -0.2) is 14.3 Å². The van der Waals surface area contributed by atoms with Crippen LogP contribution in [-0.2, 0) is 6.54 Å². The molecule has 0 fully saturated rings. The largest absolute Gasteiger partial charge is 0.331 e. The van der Waals surface area contributed by atoms with E-state index in [1.165, 1.54) is 0 Å². The van der Waals surface area contributed by atoms with E-state index in [0.29, 0.717) is 22.3 Å². The molecule has 0 aliphatic carbocycles. The number of halogens is 2. The van der Waals surface area contributed by atoms with Crippen molar-refractivity contribution < 1.29 is 4.79 Å². The topological polar surface area (TPSA) is 38.1 Å². The van der Waals surface area contributed by atoms with Crippen LogP contribution < -0.4 is 0 Å². The van der Waals surface area contributed by atoms with E-state index in [2.05, 4.69) is 0 Å². The molecule has 0 unspecified atom stereocenters. The number of benzene rings is 2. The van der Waals surface area contributed by atoms with E-state index in [9.17, 15) is 4.79 Å². The Morgan fingerprint density at radius 3 is 2.30 bits per heavy atom. The number of carbonyl (C=O) groups is 1. The predicted molar refractivity (Wildman–Crippen MR) is 109 cm³/mol. The van der Waals surface area contributed by atoms with Gasteiger partial charge in [-0.3, -0.25) is 0 Å². The van der Waals surface area contributed by atoms with Crippen molar-refractivity contribution in [2.75, 3.05) is 0 Å². The Morgan fingerprint density at radius 2 is 1.67 bits per heavy atom. The molecule has 1 amide bonds. The first kappa shape index (κ1) is 18.1. The number of imidazole rings is 1. The fraction of sp³-hybridized carbons (Fsp3) is 0.238. The molecule has 1 aliphatic rings. The molecule has 6 heteroatoms. The predicted octanol–water partition coefficient (Wildman–Crippen LogP) is 6.11. The summed E-state index contributed by atoms with van der Waals surface area (Å²) < 4.78 is 1.70. The molecule has 0 radical (unpaired) electrons. The van der Waals surface area contributed by atoms with Crippen molar-refractivity contribution in [3.8, 4) is 22.5 Å². The number of fused-ring (bicyclic) bond motifs is 1. The Bertz CT molecular complexity index is 1030. The van der Waals surface area contributed by atoms with Crippen LogP contribution in [-0.4, -0.2) is 26.0 Å². The fourth-order valence-corrected chi connectivity index (χ4v) is 3.70. The van der Waals surface area contributed by atoms with Gasteiger partial charge in [0.15, 0.2) is 0 Å². The Balaban J connectivity index is 1.96. The van der Waals surface area contributed by atoms with Gasteiger partial charge in [-0.15, -0.1) is 0 Å². The van der Waals surface area contributed by atoms with Crippen LogP contribution in [0, 0.1) is 0 Å². The summed E-state index contributed by atoms with van der Waals surface area (Å²) in [6.07, 6.45) is 0. The molecule has 2 aromatic carbocycles. The van der Waals surface area contributed by atoms with Crippen LogP contribution in [0.4, 0.5) is 4.79 Å². The molecule has 4 nitrogen and oxygen atoms in total.